The van der Waals surface area contributed by atoms with E-state index in [1.807, 2.05) is 0 Å². The van der Waals surface area contributed by atoms with Crippen LogP contribution in [0.2, 0.25) is 0 Å². The third-order valence-electron chi connectivity index (χ3n) is 0.927. The molecule has 4 nitrogen and oxygen atoms in total. The fourth-order valence-electron chi connectivity index (χ4n) is 0.415. The number of amides is 1. The molecule has 0 aliphatic heterocycles. The summed E-state index contributed by atoms with van der Waals surface area (Å²) in [6.07, 6.45) is 0. The number of nitrogens with one attached hydrogen (secondary N) is 1. The van der Waals surface area contributed by atoms with Crippen molar-refractivity contribution >= 4 is 5.91 Å². The van der Waals surface area contributed by atoms with Crippen LogP contribution in [0.3, 0.4) is 0 Å². The van der Waals surface area contributed by atoms with Gasteiger partial charge in [-0.1, -0.05) is 0 Å². The van der Waals surface area contributed by atoms with Gasteiger partial charge in [0.15, 0.2) is 6.67 Å². The van der Waals surface area contributed by atoms with Crippen LogP contribution in [0.25, 0.3) is 0 Å². The van der Waals surface area contributed by atoms with E-state index in [9.17, 15) is 9.18 Å². The van der Waals surface area contributed by atoms with Crippen molar-refractivity contribution in [3.63, 3.8) is 0 Å². The summed E-state index contributed by atoms with van der Waals surface area (Å²) in [5.41, 5.74) is 0. The molecule has 10 heavy (non-hydrogen) atoms. The van der Waals surface area contributed by atoms with E-state index >= 15 is 0 Å². The molecule has 60 valence electrons. The Morgan fingerprint density at radius 2 is 2.00 bits per heavy atom. The van der Waals surface area contributed by atoms with Crippen LogP contribution in [0.1, 0.15) is 0 Å². The summed E-state index contributed by atoms with van der Waals surface area (Å²) in [6.45, 7) is -1.90. The quantitative estimate of drug-likeness (QED) is 0.454. The maximum absolute atomic E-state index is 11.4. The standard InChI is InChI=1S/C5H10FNO3/c6-1-5(10)7-4(2-8)3-9/h4,8-9H,1-3H2,(H,7,10). The summed E-state index contributed by atoms with van der Waals surface area (Å²) in [6, 6.07) is -0.747. The number of hydrogen-bond acceptors (Lipinski definition) is 3. The second-order valence-electron chi connectivity index (χ2n) is 1.76. The summed E-state index contributed by atoms with van der Waals surface area (Å²) in [4.78, 5) is 10.2. The molecule has 0 rings (SSSR count). The van der Waals surface area contributed by atoms with Crippen LogP contribution in [0, 0.1) is 0 Å². The minimum atomic E-state index is -1.13. The Hall–Kier alpha value is -0.680. The first-order chi connectivity index (χ1) is 4.74. The summed E-state index contributed by atoms with van der Waals surface area (Å²) in [7, 11) is 0. The molecule has 0 saturated carbocycles. The average molecular weight is 151 g/mol. The van der Waals surface area contributed by atoms with E-state index in [1.54, 1.807) is 0 Å². The van der Waals surface area contributed by atoms with Gasteiger partial charge in [-0.2, -0.15) is 0 Å². The predicted octanol–water partition coefficient (Wildman–Crippen LogP) is -1.57. The van der Waals surface area contributed by atoms with E-state index in [2.05, 4.69) is 5.32 Å². The van der Waals surface area contributed by atoms with Gasteiger partial charge >= 0.3 is 0 Å². The first-order valence-corrected chi connectivity index (χ1v) is 2.81. The van der Waals surface area contributed by atoms with Gasteiger partial charge in [0.05, 0.1) is 19.3 Å². The Kier molecular flexibility index (Phi) is 4.78. The molecule has 0 unspecified atom stereocenters. The van der Waals surface area contributed by atoms with Gasteiger partial charge in [-0.05, 0) is 0 Å². The molecule has 0 aromatic rings. The van der Waals surface area contributed by atoms with Gasteiger partial charge in [0.1, 0.15) is 0 Å². The Bertz CT molecular complexity index is 105. The average Bonchev–Trinajstić information content (AvgIpc) is 1.99. The molecule has 0 saturated heterocycles. The lowest BCUT2D eigenvalue weighted by Crippen LogP contribution is -2.40. The second kappa shape index (κ2) is 5.13. The lowest BCUT2D eigenvalue weighted by atomic mass is 10.3. The highest BCUT2D eigenvalue weighted by Gasteiger charge is 2.08. The molecule has 0 heterocycles. The minimum Gasteiger partial charge on any atom is -0.394 e. The highest BCUT2D eigenvalue weighted by atomic mass is 19.1. The van der Waals surface area contributed by atoms with Crippen LogP contribution in [-0.2, 0) is 4.79 Å². The van der Waals surface area contributed by atoms with E-state index in [0.717, 1.165) is 0 Å². The Morgan fingerprint density at radius 1 is 1.50 bits per heavy atom. The van der Waals surface area contributed by atoms with Crippen LogP contribution in [0.5, 0.6) is 0 Å². The summed E-state index contributed by atoms with van der Waals surface area (Å²) in [5.74, 6) is -0.826. The molecular formula is C5H10FNO3. The molecule has 0 fully saturated rings. The molecule has 0 aliphatic carbocycles. The van der Waals surface area contributed by atoms with E-state index in [4.69, 9.17) is 10.2 Å². The molecule has 0 atom stereocenters. The van der Waals surface area contributed by atoms with E-state index in [-0.39, 0.29) is 13.2 Å². The molecule has 0 aromatic carbocycles. The normalized spacial score (nSPS) is 10.0. The van der Waals surface area contributed by atoms with Gasteiger partial charge in [-0.15, -0.1) is 0 Å². The first-order valence-electron chi connectivity index (χ1n) is 2.81. The highest BCUT2D eigenvalue weighted by Crippen LogP contribution is 1.79. The maximum atomic E-state index is 11.4. The van der Waals surface area contributed by atoms with Gasteiger partial charge in [0.2, 0.25) is 0 Å². The molecule has 0 aromatic heterocycles. The minimum absolute atomic E-state index is 0.387. The van der Waals surface area contributed by atoms with Gasteiger partial charge in [0.25, 0.3) is 5.91 Å². The van der Waals surface area contributed by atoms with E-state index < -0.39 is 18.6 Å². The summed E-state index contributed by atoms with van der Waals surface area (Å²) in [5, 5.41) is 18.8. The monoisotopic (exact) mass is 151 g/mol. The molecule has 0 bridgehead atoms. The van der Waals surface area contributed by atoms with Gasteiger partial charge in [0, 0.05) is 0 Å². The second-order valence-corrected chi connectivity index (χ2v) is 1.76. The van der Waals surface area contributed by atoms with Gasteiger partial charge in [-0.3, -0.25) is 4.79 Å². The zero-order chi connectivity index (χ0) is 7.98. The van der Waals surface area contributed by atoms with Crippen LogP contribution in [-0.4, -0.2) is 42.1 Å². The summed E-state index contributed by atoms with van der Waals surface area (Å²) >= 11 is 0. The molecule has 1 amide bonds. The van der Waals surface area contributed by atoms with Crippen molar-refractivity contribution in [3.05, 3.63) is 0 Å². The third-order valence-corrected chi connectivity index (χ3v) is 0.927. The lowest BCUT2D eigenvalue weighted by Gasteiger charge is -2.10. The van der Waals surface area contributed by atoms with Crippen LogP contribution in [0.4, 0.5) is 4.39 Å². The van der Waals surface area contributed by atoms with Crippen LogP contribution < -0.4 is 5.32 Å². The molecule has 5 heteroatoms. The zero-order valence-electron chi connectivity index (χ0n) is 5.38. The fraction of sp³-hybridized carbons (Fsp3) is 0.800. The van der Waals surface area contributed by atoms with Gasteiger partial charge in [-0.25, -0.2) is 4.39 Å². The van der Waals surface area contributed by atoms with Crippen molar-refractivity contribution in [3.8, 4) is 0 Å². The first kappa shape index (κ1) is 9.32. The number of hydrogen-bond donors (Lipinski definition) is 3. The molecular weight excluding hydrogens is 141 g/mol. The van der Waals surface area contributed by atoms with Crippen LogP contribution >= 0.6 is 0 Å². The third kappa shape index (κ3) is 3.37. The van der Waals surface area contributed by atoms with Crippen molar-refractivity contribution in [2.45, 2.75) is 6.04 Å². The van der Waals surface area contributed by atoms with Crippen molar-refractivity contribution in [2.24, 2.45) is 0 Å². The highest BCUT2D eigenvalue weighted by molar-refractivity contribution is 5.77. The molecule has 0 spiro atoms. The lowest BCUT2D eigenvalue weighted by molar-refractivity contribution is -0.123. The number of rotatable bonds is 4. The van der Waals surface area contributed by atoms with E-state index in [1.165, 1.54) is 0 Å². The van der Waals surface area contributed by atoms with Crippen molar-refractivity contribution in [1.29, 1.82) is 0 Å². The predicted molar refractivity (Wildman–Crippen MR) is 32.1 cm³/mol. The Morgan fingerprint density at radius 3 is 2.30 bits per heavy atom. The number of aliphatic hydroxyl groups is 2. The number of carbonyl (C=O) groups is 1. The molecule has 0 radical (unpaired) electrons. The number of carbonyl (C=O) groups excluding carboxylic acids is 1. The fourth-order valence-corrected chi connectivity index (χ4v) is 0.415. The largest absolute Gasteiger partial charge is 0.394 e. The van der Waals surface area contributed by atoms with Crippen LogP contribution in [0.15, 0.2) is 0 Å². The number of halogens is 1. The maximum Gasteiger partial charge on any atom is 0.251 e. The smallest absolute Gasteiger partial charge is 0.251 e. The van der Waals surface area contributed by atoms with Gasteiger partial charge < -0.3 is 15.5 Å². The number of alkyl halides is 1. The SMILES string of the molecule is O=C(CF)NC(CO)CO. The van der Waals surface area contributed by atoms with Crippen molar-refractivity contribution in [2.75, 3.05) is 19.9 Å². The Balaban J connectivity index is 3.52. The number of aliphatic hydroxyl groups excluding tert-OH is 2. The van der Waals surface area contributed by atoms with Crippen molar-refractivity contribution < 1.29 is 19.4 Å². The van der Waals surface area contributed by atoms with E-state index in [0.29, 0.717) is 0 Å². The zero-order valence-corrected chi connectivity index (χ0v) is 5.38. The summed E-state index contributed by atoms with van der Waals surface area (Å²) < 4.78 is 11.4. The van der Waals surface area contributed by atoms with Crippen molar-refractivity contribution in [1.82, 2.24) is 5.32 Å². The molecule has 0 aliphatic rings. The Labute approximate surface area is 57.7 Å². The molecule has 3 N–H and O–H groups in total. The topological polar surface area (TPSA) is 69.6 Å².